The van der Waals surface area contributed by atoms with Crippen LogP contribution in [0.3, 0.4) is 0 Å². The Morgan fingerprint density at radius 3 is 2.88 bits per heavy atom. The van der Waals surface area contributed by atoms with Gasteiger partial charge in [-0.3, -0.25) is 9.78 Å². The lowest BCUT2D eigenvalue weighted by molar-refractivity contribution is -0.151. The van der Waals surface area contributed by atoms with Gasteiger partial charge in [-0.25, -0.2) is 4.98 Å². The number of carbonyl (C=O) groups excluding carboxylic acids is 1. The molecule has 1 fully saturated rings. The van der Waals surface area contributed by atoms with E-state index in [1.807, 2.05) is 38.2 Å². The molecule has 6 heteroatoms. The molecular formula is C20H21N3O3. The molecule has 3 aromatic rings. The van der Waals surface area contributed by atoms with E-state index in [2.05, 4.69) is 15.3 Å². The predicted molar refractivity (Wildman–Crippen MR) is 98.7 cm³/mol. The molecule has 6 nitrogen and oxygen atoms in total. The normalized spacial score (nSPS) is 19.2. The van der Waals surface area contributed by atoms with Gasteiger partial charge in [-0.1, -0.05) is 6.07 Å². The highest BCUT2D eigenvalue weighted by atomic mass is 16.5. The molecule has 1 aliphatic carbocycles. The maximum Gasteiger partial charge on any atom is 0.309 e. The van der Waals surface area contributed by atoms with Crippen molar-refractivity contribution in [1.29, 1.82) is 0 Å². The minimum atomic E-state index is -0.0984. The smallest absolute Gasteiger partial charge is 0.309 e. The molecule has 0 atom stereocenters. The molecule has 0 aliphatic heterocycles. The van der Waals surface area contributed by atoms with Gasteiger partial charge in [0.2, 0.25) is 0 Å². The fourth-order valence-electron chi connectivity index (χ4n) is 3.41. The van der Waals surface area contributed by atoms with E-state index in [-0.39, 0.29) is 17.9 Å². The van der Waals surface area contributed by atoms with Crippen LogP contribution < -0.4 is 5.32 Å². The summed E-state index contributed by atoms with van der Waals surface area (Å²) < 4.78 is 10.9. The molecule has 0 saturated heterocycles. The summed E-state index contributed by atoms with van der Waals surface area (Å²) in [5.74, 6) is 1.25. The first-order valence-electron chi connectivity index (χ1n) is 8.88. The Morgan fingerprint density at radius 2 is 2.15 bits per heavy atom. The summed E-state index contributed by atoms with van der Waals surface area (Å²) in [4.78, 5) is 20.3. The van der Waals surface area contributed by atoms with Gasteiger partial charge in [0.1, 0.15) is 0 Å². The van der Waals surface area contributed by atoms with E-state index in [1.54, 1.807) is 12.4 Å². The molecule has 0 unspecified atom stereocenters. The average Bonchev–Trinajstić information content (AvgIpc) is 3.03. The highest BCUT2D eigenvalue weighted by Gasteiger charge is 2.36. The Labute approximate surface area is 151 Å². The van der Waals surface area contributed by atoms with Gasteiger partial charge in [0, 0.05) is 41.7 Å². The number of esters is 1. The summed E-state index contributed by atoms with van der Waals surface area (Å²) in [6.07, 6.45) is 6.92. The van der Waals surface area contributed by atoms with Gasteiger partial charge in [0.05, 0.1) is 24.4 Å². The zero-order valence-corrected chi connectivity index (χ0v) is 14.9. The third kappa shape index (κ3) is 3.03. The summed E-state index contributed by atoms with van der Waals surface area (Å²) in [5.41, 5.74) is 1.96. The Balaban J connectivity index is 1.64. The zero-order valence-electron chi connectivity index (χ0n) is 14.9. The highest BCUT2D eigenvalue weighted by Crippen LogP contribution is 2.39. The molecule has 1 aromatic carbocycles. The maximum absolute atomic E-state index is 11.8. The second-order valence-corrected chi connectivity index (χ2v) is 6.59. The van der Waals surface area contributed by atoms with E-state index in [0.717, 1.165) is 40.6 Å². The van der Waals surface area contributed by atoms with Crippen molar-refractivity contribution in [2.45, 2.75) is 32.7 Å². The van der Waals surface area contributed by atoms with Gasteiger partial charge in [-0.05, 0) is 31.9 Å². The first kappa shape index (κ1) is 16.6. The first-order valence-corrected chi connectivity index (χ1v) is 8.88. The van der Waals surface area contributed by atoms with Crippen LogP contribution in [0.4, 0.5) is 5.69 Å². The SMILES string of the molecule is CCOC(=O)C1CC(Nc2c(-c3cnc(C)o3)ccc3cnccc23)C1. The molecule has 2 aromatic heterocycles. The van der Waals surface area contributed by atoms with E-state index in [4.69, 9.17) is 9.15 Å². The number of nitrogens with zero attached hydrogens (tertiary/aromatic N) is 2. The number of nitrogens with one attached hydrogen (secondary N) is 1. The summed E-state index contributed by atoms with van der Waals surface area (Å²) in [7, 11) is 0. The fourth-order valence-corrected chi connectivity index (χ4v) is 3.41. The lowest BCUT2D eigenvalue weighted by Gasteiger charge is -2.35. The van der Waals surface area contributed by atoms with E-state index < -0.39 is 0 Å². The maximum atomic E-state index is 11.8. The molecule has 2 heterocycles. The van der Waals surface area contributed by atoms with Gasteiger partial charge in [-0.2, -0.15) is 0 Å². The van der Waals surface area contributed by atoms with Gasteiger partial charge in [-0.15, -0.1) is 0 Å². The van der Waals surface area contributed by atoms with Crippen LogP contribution in [0.5, 0.6) is 0 Å². The quantitative estimate of drug-likeness (QED) is 0.701. The number of rotatable bonds is 5. The molecule has 0 spiro atoms. The number of benzene rings is 1. The number of carbonyl (C=O) groups is 1. The van der Waals surface area contributed by atoms with E-state index in [1.165, 1.54) is 0 Å². The minimum Gasteiger partial charge on any atom is -0.466 e. The molecular weight excluding hydrogens is 330 g/mol. The minimum absolute atomic E-state index is 0.0138. The summed E-state index contributed by atoms with van der Waals surface area (Å²) in [5, 5.41) is 5.73. The molecule has 1 saturated carbocycles. The Hall–Kier alpha value is -2.89. The van der Waals surface area contributed by atoms with Crippen LogP contribution in [-0.4, -0.2) is 28.6 Å². The second kappa shape index (κ2) is 6.78. The molecule has 1 aliphatic rings. The first-order chi connectivity index (χ1) is 12.7. The topological polar surface area (TPSA) is 77.2 Å². The number of oxazole rings is 1. The number of hydrogen-bond acceptors (Lipinski definition) is 6. The van der Waals surface area contributed by atoms with Crippen LogP contribution in [0, 0.1) is 12.8 Å². The van der Waals surface area contributed by atoms with Crippen LogP contribution in [-0.2, 0) is 9.53 Å². The van der Waals surface area contributed by atoms with Crippen molar-refractivity contribution in [1.82, 2.24) is 9.97 Å². The monoisotopic (exact) mass is 351 g/mol. The van der Waals surface area contributed by atoms with Gasteiger partial charge >= 0.3 is 5.97 Å². The molecule has 0 amide bonds. The molecule has 1 N–H and O–H groups in total. The van der Waals surface area contributed by atoms with Crippen molar-refractivity contribution in [2.24, 2.45) is 5.92 Å². The molecule has 0 bridgehead atoms. The van der Waals surface area contributed by atoms with Crippen LogP contribution in [0.1, 0.15) is 25.7 Å². The predicted octanol–water partition coefficient (Wildman–Crippen LogP) is 3.95. The Morgan fingerprint density at radius 1 is 1.31 bits per heavy atom. The van der Waals surface area contributed by atoms with Gasteiger partial charge < -0.3 is 14.5 Å². The second-order valence-electron chi connectivity index (χ2n) is 6.59. The van der Waals surface area contributed by atoms with Gasteiger partial charge in [0.25, 0.3) is 0 Å². The largest absolute Gasteiger partial charge is 0.466 e. The molecule has 4 rings (SSSR count). The van der Waals surface area contributed by atoms with E-state index in [9.17, 15) is 4.79 Å². The molecule has 0 radical (unpaired) electrons. The van der Waals surface area contributed by atoms with Gasteiger partial charge in [0.15, 0.2) is 11.7 Å². The standard InChI is InChI=1S/C20H21N3O3/c1-3-25-20(24)14-8-15(9-14)23-19-16-6-7-21-10-13(16)4-5-17(19)18-11-22-12(2)26-18/h4-7,10-11,14-15,23H,3,8-9H2,1-2H3. The van der Waals surface area contributed by atoms with E-state index in [0.29, 0.717) is 12.5 Å². The fraction of sp³-hybridized carbons (Fsp3) is 0.350. The third-order valence-electron chi connectivity index (χ3n) is 4.81. The molecule has 26 heavy (non-hydrogen) atoms. The Kier molecular flexibility index (Phi) is 4.32. The third-order valence-corrected chi connectivity index (χ3v) is 4.81. The average molecular weight is 351 g/mol. The van der Waals surface area contributed by atoms with Crippen molar-refractivity contribution < 1.29 is 13.9 Å². The number of aryl methyl sites for hydroxylation is 1. The van der Waals surface area contributed by atoms with Crippen molar-refractivity contribution in [2.75, 3.05) is 11.9 Å². The number of aromatic nitrogens is 2. The van der Waals surface area contributed by atoms with E-state index >= 15 is 0 Å². The zero-order chi connectivity index (χ0) is 18.1. The van der Waals surface area contributed by atoms with Crippen molar-refractivity contribution in [3.8, 4) is 11.3 Å². The summed E-state index contributed by atoms with van der Waals surface area (Å²) in [6, 6.07) is 6.27. The number of pyridine rings is 1. The van der Waals surface area contributed by atoms with Crippen LogP contribution in [0.2, 0.25) is 0 Å². The summed E-state index contributed by atoms with van der Waals surface area (Å²) >= 11 is 0. The molecule has 134 valence electrons. The van der Waals surface area contributed by atoms with Crippen molar-refractivity contribution >= 4 is 22.4 Å². The number of ether oxygens (including phenoxy) is 1. The van der Waals surface area contributed by atoms with Crippen LogP contribution in [0.25, 0.3) is 22.1 Å². The number of anilines is 1. The number of hydrogen-bond donors (Lipinski definition) is 1. The Bertz CT molecular complexity index is 944. The van der Waals surface area contributed by atoms with Crippen LogP contribution in [0.15, 0.2) is 41.2 Å². The lowest BCUT2D eigenvalue weighted by Crippen LogP contribution is -2.40. The van der Waals surface area contributed by atoms with Crippen LogP contribution >= 0.6 is 0 Å². The summed E-state index contributed by atoms with van der Waals surface area (Å²) in [6.45, 7) is 4.10. The van der Waals surface area contributed by atoms with Crippen molar-refractivity contribution in [3.05, 3.63) is 42.7 Å². The number of fused-ring (bicyclic) bond motifs is 1. The van der Waals surface area contributed by atoms with Crippen molar-refractivity contribution in [3.63, 3.8) is 0 Å². The lowest BCUT2D eigenvalue weighted by atomic mass is 9.80. The highest BCUT2D eigenvalue weighted by molar-refractivity contribution is 6.00.